The summed E-state index contributed by atoms with van der Waals surface area (Å²) >= 11 is 3.49. The Morgan fingerprint density at radius 1 is 0.917 bits per heavy atom. The van der Waals surface area contributed by atoms with Crippen molar-refractivity contribution in [1.29, 1.82) is 0 Å². The zero-order chi connectivity index (χ0) is 17.3. The molecule has 2 aromatic carbocycles. The largest absolute Gasteiger partial charge is 0.368 e. The Labute approximate surface area is 152 Å². The van der Waals surface area contributed by atoms with E-state index in [1.54, 1.807) is 0 Å². The van der Waals surface area contributed by atoms with Crippen molar-refractivity contribution < 1.29 is 4.79 Å². The summed E-state index contributed by atoms with van der Waals surface area (Å²) in [6.45, 7) is 9.58. The Morgan fingerprint density at radius 2 is 1.62 bits per heavy atom. The van der Waals surface area contributed by atoms with Crippen LogP contribution in [0.5, 0.6) is 0 Å². The average Bonchev–Trinajstić information content (AvgIpc) is 2.57. The molecule has 24 heavy (non-hydrogen) atoms. The van der Waals surface area contributed by atoms with Crippen LogP contribution in [0.3, 0.4) is 0 Å². The highest BCUT2D eigenvalue weighted by molar-refractivity contribution is 9.10. The molecule has 4 heteroatoms. The van der Waals surface area contributed by atoms with Crippen LogP contribution in [0, 0.1) is 20.8 Å². The van der Waals surface area contributed by atoms with Crippen LogP contribution < -0.4 is 4.90 Å². The fourth-order valence-electron chi connectivity index (χ4n) is 3.27. The Kier molecular flexibility index (Phi) is 4.95. The van der Waals surface area contributed by atoms with Crippen molar-refractivity contribution in [3.8, 4) is 0 Å². The average molecular weight is 387 g/mol. The summed E-state index contributed by atoms with van der Waals surface area (Å²) in [4.78, 5) is 17.1. The number of aryl methyl sites for hydroxylation is 3. The smallest absolute Gasteiger partial charge is 0.253 e. The number of carbonyl (C=O) groups excluding carboxylic acids is 1. The van der Waals surface area contributed by atoms with Gasteiger partial charge >= 0.3 is 0 Å². The first-order chi connectivity index (χ1) is 11.5. The lowest BCUT2D eigenvalue weighted by Crippen LogP contribution is -2.49. The molecule has 3 rings (SSSR count). The van der Waals surface area contributed by atoms with Crippen molar-refractivity contribution in [3.05, 3.63) is 63.1 Å². The molecule has 1 heterocycles. The molecule has 3 nitrogen and oxygen atoms in total. The third-order valence-electron chi connectivity index (χ3n) is 4.66. The van der Waals surface area contributed by atoms with Crippen LogP contribution >= 0.6 is 15.9 Å². The minimum Gasteiger partial charge on any atom is -0.368 e. The van der Waals surface area contributed by atoms with Gasteiger partial charge in [0.2, 0.25) is 0 Å². The third kappa shape index (κ3) is 3.48. The van der Waals surface area contributed by atoms with E-state index in [1.807, 2.05) is 30.0 Å². The lowest BCUT2D eigenvalue weighted by molar-refractivity contribution is 0.0746. The monoisotopic (exact) mass is 386 g/mol. The second-order valence-electron chi connectivity index (χ2n) is 6.53. The number of nitrogens with zero attached hydrogens (tertiary/aromatic N) is 2. The summed E-state index contributed by atoms with van der Waals surface area (Å²) in [7, 11) is 0. The van der Waals surface area contributed by atoms with Gasteiger partial charge in [-0.25, -0.2) is 0 Å². The fraction of sp³-hybridized carbons (Fsp3) is 0.350. The van der Waals surface area contributed by atoms with E-state index < -0.39 is 0 Å². The number of halogens is 1. The Bertz CT molecular complexity index is 764. The number of piperazine rings is 1. The normalized spacial score (nSPS) is 14.8. The summed E-state index contributed by atoms with van der Waals surface area (Å²) in [5, 5.41) is 0. The minimum absolute atomic E-state index is 0.130. The zero-order valence-corrected chi connectivity index (χ0v) is 16.1. The van der Waals surface area contributed by atoms with Gasteiger partial charge in [-0.1, -0.05) is 33.6 Å². The first kappa shape index (κ1) is 17.0. The van der Waals surface area contributed by atoms with Gasteiger partial charge in [-0.05, 0) is 56.2 Å². The van der Waals surface area contributed by atoms with Crippen LogP contribution in [0.25, 0.3) is 0 Å². The molecule has 0 bridgehead atoms. The summed E-state index contributed by atoms with van der Waals surface area (Å²) in [5.41, 5.74) is 5.74. The van der Waals surface area contributed by atoms with Crippen molar-refractivity contribution in [3.63, 3.8) is 0 Å². The van der Waals surface area contributed by atoms with Crippen LogP contribution in [0.2, 0.25) is 0 Å². The topological polar surface area (TPSA) is 23.6 Å². The SMILES string of the molecule is Cc1ccc(N2CCN(C(=O)c3ccc(Br)c(C)c3)CC2)c(C)c1. The van der Waals surface area contributed by atoms with E-state index >= 15 is 0 Å². The maximum atomic E-state index is 12.7. The van der Waals surface area contributed by atoms with E-state index in [9.17, 15) is 4.79 Å². The second kappa shape index (κ2) is 6.98. The predicted octanol–water partition coefficient (Wildman–Crippen LogP) is 4.34. The van der Waals surface area contributed by atoms with Crippen molar-refractivity contribution >= 4 is 27.5 Å². The fourth-order valence-corrected chi connectivity index (χ4v) is 3.52. The molecule has 1 aliphatic heterocycles. The summed E-state index contributed by atoms with van der Waals surface area (Å²) in [6, 6.07) is 12.4. The maximum Gasteiger partial charge on any atom is 0.253 e. The molecule has 0 N–H and O–H groups in total. The number of carbonyl (C=O) groups is 1. The molecule has 1 fully saturated rings. The molecular formula is C20H23BrN2O. The molecular weight excluding hydrogens is 364 g/mol. The van der Waals surface area contributed by atoms with E-state index in [2.05, 4.69) is 52.9 Å². The molecule has 0 saturated carbocycles. The lowest BCUT2D eigenvalue weighted by atomic mass is 10.1. The van der Waals surface area contributed by atoms with Crippen molar-refractivity contribution in [2.45, 2.75) is 20.8 Å². The van der Waals surface area contributed by atoms with E-state index in [0.29, 0.717) is 0 Å². The van der Waals surface area contributed by atoms with E-state index in [-0.39, 0.29) is 5.91 Å². The number of anilines is 1. The van der Waals surface area contributed by atoms with Gasteiger partial charge in [0, 0.05) is 41.9 Å². The molecule has 0 radical (unpaired) electrons. The zero-order valence-electron chi connectivity index (χ0n) is 14.5. The van der Waals surface area contributed by atoms with Gasteiger partial charge < -0.3 is 9.80 Å². The van der Waals surface area contributed by atoms with Crippen molar-refractivity contribution in [1.82, 2.24) is 4.90 Å². The Hall–Kier alpha value is -1.81. The molecule has 2 aromatic rings. The number of hydrogen-bond acceptors (Lipinski definition) is 2. The predicted molar refractivity (Wildman–Crippen MR) is 103 cm³/mol. The van der Waals surface area contributed by atoms with Crippen molar-refractivity contribution in [2.24, 2.45) is 0 Å². The summed E-state index contributed by atoms with van der Waals surface area (Å²) in [5.74, 6) is 0.130. The molecule has 1 aliphatic rings. The first-order valence-corrected chi connectivity index (χ1v) is 9.12. The number of benzene rings is 2. The maximum absolute atomic E-state index is 12.7. The van der Waals surface area contributed by atoms with Gasteiger partial charge in [0.15, 0.2) is 0 Å². The van der Waals surface area contributed by atoms with Crippen LogP contribution in [0.4, 0.5) is 5.69 Å². The Morgan fingerprint density at radius 3 is 2.25 bits per heavy atom. The molecule has 1 amide bonds. The first-order valence-electron chi connectivity index (χ1n) is 8.33. The van der Waals surface area contributed by atoms with E-state index in [1.165, 1.54) is 16.8 Å². The molecule has 0 atom stereocenters. The third-order valence-corrected chi connectivity index (χ3v) is 5.55. The van der Waals surface area contributed by atoms with Crippen molar-refractivity contribution in [2.75, 3.05) is 31.1 Å². The molecule has 126 valence electrons. The van der Waals surface area contributed by atoms with Gasteiger partial charge in [0.25, 0.3) is 5.91 Å². The highest BCUT2D eigenvalue weighted by Crippen LogP contribution is 2.23. The van der Waals surface area contributed by atoms with Gasteiger partial charge in [0.05, 0.1) is 0 Å². The highest BCUT2D eigenvalue weighted by Gasteiger charge is 2.23. The van der Waals surface area contributed by atoms with E-state index in [4.69, 9.17) is 0 Å². The molecule has 0 aliphatic carbocycles. The molecule has 0 unspecified atom stereocenters. The van der Waals surface area contributed by atoms with Gasteiger partial charge in [-0.15, -0.1) is 0 Å². The number of rotatable bonds is 2. The minimum atomic E-state index is 0.130. The molecule has 0 spiro atoms. The second-order valence-corrected chi connectivity index (χ2v) is 7.39. The number of hydrogen-bond donors (Lipinski definition) is 0. The quantitative estimate of drug-likeness (QED) is 0.766. The van der Waals surface area contributed by atoms with Crippen LogP contribution in [-0.4, -0.2) is 37.0 Å². The highest BCUT2D eigenvalue weighted by atomic mass is 79.9. The standard InChI is InChI=1S/C20H23BrN2O/c1-14-4-7-19(16(3)12-14)22-8-10-23(11-9-22)20(24)17-5-6-18(21)15(2)13-17/h4-7,12-13H,8-11H2,1-3H3. The summed E-state index contributed by atoms with van der Waals surface area (Å²) in [6.07, 6.45) is 0. The van der Waals surface area contributed by atoms with Gasteiger partial charge in [-0.2, -0.15) is 0 Å². The van der Waals surface area contributed by atoms with E-state index in [0.717, 1.165) is 41.8 Å². The van der Waals surface area contributed by atoms with Crippen LogP contribution in [0.1, 0.15) is 27.0 Å². The van der Waals surface area contributed by atoms with Crippen LogP contribution in [0.15, 0.2) is 40.9 Å². The van der Waals surface area contributed by atoms with Gasteiger partial charge in [-0.3, -0.25) is 4.79 Å². The van der Waals surface area contributed by atoms with Crippen LogP contribution in [-0.2, 0) is 0 Å². The number of amides is 1. The summed E-state index contributed by atoms with van der Waals surface area (Å²) < 4.78 is 1.04. The Balaban J connectivity index is 1.68. The lowest BCUT2D eigenvalue weighted by Gasteiger charge is -2.37. The molecule has 0 aromatic heterocycles. The van der Waals surface area contributed by atoms with Gasteiger partial charge in [0.1, 0.15) is 0 Å². The molecule has 1 saturated heterocycles.